The molecule has 142 valence electrons. The monoisotopic (exact) mass is 370 g/mol. The molecule has 0 aliphatic carbocycles. The van der Waals surface area contributed by atoms with Gasteiger partial charge in [0.2, 0.25) is 11.3 Å². The van der Waals surface area contributed by atoms with E-state index in [1.165, 1.54) is 0 Å². The van der Waals surface area contributed by atoms with Gasteiger partial charge in [-0.3, -0.25) is 9.59 Å². The Bertz CT molecular complexity index is 1030. The molecule has 1 aromatic carbocycles. The molecule has 0 unspecified atom stereocenters. The van der Waals surface area contributed by atoms with Crippen molar-refractivity contribution in [1.29, 1.82) is 0 Å². The number of hydrogen-bond donors (Lipinski definition) is 3. The Morgan fingerprint density at radius 1 is 1.15 bits per heavy atom. The number of rotatable bonds is 7. The Morgan fingerprint density at radius 3 is 2.63 bits per heavy atom. The van der Waals surface area contributed by atoms with Crippen LogP contribution in [0.2, 0.25) is 0 Å². The number of carboxylic acid groups (broad SMARTS) is 1. The van der Waals surface area contributed by atoms with Gasteiger partial charge in [-0.25, -0.2) is 4.98 Å². The highest BCUT2D eigenvalue weighted by molar-refractivity contribution is 5.81. The number of nitrogens with one attached hydrogen (secondary N) is 1. The van der Waals surface area contributed by atoms with E-state index in [0.717, 1.165) is 35.6 Å². The van der Waals surface area contributed by atoms with Crippen molar-refractivity contribution in [1.82, 2.24) is 19.9 Å². The standard InChI is InChI=1S/C19H22N4O4/c1-11-7-13-14(8-12(11)2)23(6-4-3-5-20-10-17(26)27)19-18(21-13)15(24)9-16(25)22-19/h7-9,20,25H,3-6,10H2,1-2H3,(H,26,27). The maximum Gasteiger partial charge on any atom is 0.317 e. The number of aromatic nitrogens is 3. The Balaban J connectivity index is 1.98. The topological polar surface area (TPSA) is 117 Å². The Hall–Kier alpha value is -3.00. The van der Waals surface area contributed by atoms with E-state index in [1.807, 2.05) is 30.5 Å². The molecule has 0 aromatic heterocycles. The van der Waals surface area contributed by atoms with Gasteiger partial charge in [0.15, 0.2) is 11.5 Å². The van der Waals surface area contributed by atoms with Gasteiger partial charge in [0.25, 0.3) is 0 Å². The van der Waals surface area contributed by atoms with E-state index < -0.39 is 5.97 Å². The molecule has 0 atom stereocenters. The highest BCUT2D eigenvalue weighted by Gasteiger charge is 2.19. The number of hydrogen-bond acceptors (Lipinski definition) is 6. The third kappa shape index (κ3) is 4.06. The minimum atomic E-state index is -0.885. The first kappa shape index (κ1) is 18.8. The zero-order chi connectivity index (χ0) is 19.6. The average molecular weight is 370 g/mol. The summed E-state index contributed by atoms with van der Waals surface area (Å²) in [7, 11) is 0. The van der Waals surface area contributed by atoms with Gasteiger partial charge in [0.1, 0.15) is 0 Å². The van der Waals surface area contributed by atoms with E-state index in [-0.39, 0.29) is 23.5 Å². The fourth-order valence-electron chi connectivity index (χ4n) is 3.05. The molecule has 0 saturated carbocycles. The van der Waals surface area contributed by atoms with Gasteiger partial charge in [-0.05, 0) is 56.5 Å². The first-order chi connectivity index (χ1) is 12.9. The van der Waals surface area contributed by atoms with Crippen LogP contribution in [0, 0.1) is 13.8 Å². The second-order valence-corrected chi connectivity index (χ2v) is 6.62. The van der Waals surface area contributed by atoms with Gasteiger partial charge in [-0.1, -0.05) is 0 Å². The molecule has 0 saturated heterocycles. The summed E-state index contributed by atoms with van der Waals surface area (Å²) in [6.07, 6.45) is 1.52. The van der Waals surface area contributed by atoms with Gasteiger partial charge in [-0.2, -0.15) is 4.98 Å². The Morgan fingerprint density at radius 2 is 1.89 bits per heavy atom. The molecule has 2 heterocycles. The molecule has 8 nitrogen and oxygen atoms in total. The van der Waals surface area contributed by atoms with Crippen molar-refractivity contribution < 1.29 is 15.0 Å². The summed E-state index contributed by atoms with van der Waals surface area (Å²) in [5.41, 5.74) is 3.60. The number of unbranched alkanes of at least 4 members (excludes halogenated alkanes) is 1. The van der Waals surface area contributed by atoms with Gasteiger partial charge >= 0.3 is 5.97 Å². The van der Waals surface area contributed by atoms with Crippen molar-refractivity contribution in [2.45, 2.75) is 33.2 Å². The second kappa shape index (κ2) is 7.71. The Labute approximate surface area is 155 Å². The number of benzene rings is 1. The molecule has 3 N–H and O–H groups in total. The van der Waals surface area contributed by atoms with Crippen LogP contribution >= 0.6 is 0 Å². The lowest BCUT2D eigenvalue weighted by Crippen LogP contribution is -2.23. The number of aliphatic carboxylic acids is 1. The van der Waals surface area contributed by atoms with Crippen LogP contribution in [0.15, 0.2) is 23.0 Å². The minimum absolute atomic E-state index is 0.0678. The van der Waals surface area contributed by atoms with Gasteiger partial charge in [0, 0.05) is 6.54 Å². The largest absolute Gasteiger partial charge is 0.493 e. The number of carboxylic acids is 1. The van der Waals surface area contributed by atoms with Crippen molar-refractivity contribution >= 4 is 17.0 Å². The summed E-state index contributed by atoms with van der Waals surface area (Å²) in [6, 6.07) is 5.03. The average Bonchev–Trinajstić information content (AvgIpc) is 2.59. The van der Waals surface area contributed by atoms with Crippen LogP contribution in [0.5, 0.6) is 5.88 Å². The lowest BCUT2D eigenvalue weighted by atomic mass is 10.1. The summed E-state index contributed by atoms with van der Waals surface area (Å²) < 4.78 is 1.91. The van der Waals surface area contributed by atoms with E-state index in [1.54, 1.807) is 0 Å². The van der Waals surface area contributed by atoms with Crippen LogP contribution in [-0.2, 0) is 11.3 Å². The van der Waals surface area contributed by atoms with E-state index in [9.17, 15) is 14.7 Å². The molecule has 8 heteroatoms. The lowest BCUT2D eigenvalue weighted by molar-refractivity contribution is -0.135. The first-order valence-electron chi connectivity index (χ1n) is 8.81. The van der Waals surface area contributed by atoms with E-state index in [4.69, 9.17) is 5.11 Å². The number of fused-ring (bicyclic) bond motifs is 2. The maximum absolute atomic E-state index is 12.3. The van der Waals surface area contributed by atoms with Crippen LogP contribution in [0.4, 0.5) is 0 Å². The summed E-state index contributed by atoms with van der Waals surface area (Å²) in [5, 5.41) is 21.3. The number of pyridine rings is 1. The summed E-state index contributed by atoms with van der Waals surface area (Å²) in [4.78, 5) is 31.4. The van der Waals surface area contributed by atoms with Crippen molar-refractivity contribution in [2.24, 2.45) is 0 Å². The SMILES string of the molecule is Cc1cc2nc3c(=O)cc(O)nc-3n(CCCCNCC(=O)O)c2cc1C. The highest BCUT2D eigenvalue weighted by atomic mass is 16.4. The van der Waals surface area contributed by atoms with Crippen molar-refractivity contribution in [3.05, 3.63) is 39.5 Å². The van der Waals surface area contributed by atoms with Gasteiger partial charge in [-0.15, -0.1) is 0 Å². The van der Waals surface area contributed by atoms with Crippen LogP contribution < -0.4 is 10.7 Å². The highest BCUT2D eigenvalue weighted by Crippen LogP contribution is 2.26. The third-order valence-electron chi connectivity index (χ3n) is 4.56. The molecule has 0 radical (unpaired) electrons. The molecule has 0 amide bonds. The fourth-order valence-corrected chi connectivity index (χ4v) is 3.05. The molecule has 1 aromatic rings. The molecule has 3 rings (SSSR count). The predicted molar refractivity (Wildman–Crippen MR) is 101 cm³/mol. The zero-order valence-corrected chi connectivity index (χ0v) is 15.3. The normalized spacial score (nSPS) is 11.3. The smallest absolute Gasteiger partial charge is 0.317 e. The molecule has 0 spiro atoms. The molecular formula is C19H22N4O4. The zero-order valence-electron chi connectivity index (χ0n) is 15.3. The van der Waals surface area contributed by atoms with Crippen molar-refractivity contribution in [2.75, 3.05) is 13.1 Å². The van der Waals surface area contributed by atoms with E-state index in [0.29, 0.717) is 24.4 Å². The van der Waals surface area contributed by atoms with E-state index in [2.05, 4.69) is 15.3 Å². The summed E-state index contributed by atoms with van der Waals surface area (Å²) in [6.45, 7) is 5.09. The third-order valence-corrected chi connectivity index (χ3v) is 4.56. The maximum atomic E-state index is 12.3. The lowest BCUT2D eigenvalue weighted by Gasteiger charge is -2.18. The molecule has 2 aliphatic rings. The van der Waals surface area contributed by atoms with Gasteiger partial charge in [0.05, 0.1) is 23.6 Å². The summed E-state index contributed by atoms with van der Waals surface area (Å²) in [5.74, 6) is -0.854. The number of aromatic hydroxyl groups is 1. The molecule has 2 aliphatic heterocycles. The molecule has 0 fully saturated rings. The van der Waals surface area contributed by atoms with Crippen LogP contribution in [0.3, 0.4) is 0 Å². The first-order valence-corrected chi connectivity index (χ1v) is 8.81. The van der Waals surface area contributed by atoms with Crippen molar-refractivity contribution in [3.63, 3.8) is 0 Å². The van der Waals surface area contributed by atoms with Crippen LogP contribution in [-0.4, -0.2) is 43.8 Å². The number of carbonyl (C=O) groups is 1. The predicted octanol–water partition coefficient (Wildman–Crippen LogP) is 1.67. The molecular weight excluding hydrogens is 348 g/mol. The Kier molecular flexibility index (Phi) is 5.36. The van der Waals surface area contributed by atoms with Crippen molar-refractivity contribution in [3.8, 4) is 17.4 Å². The minimum Gasteiger partial charge on any atom is -0.493 e. The fraction of sp³-hybridized carbons (Fsp3) is 0.368. The molecule has 0 bridgehead atoms. The van der Waals surface area contributed by atoms with E-state index >= 15 is 0 Å². The van der Waals surface area contributed by atoms with Gasteiger partial charge < -0.3 is 20.1 Å². The molecule has 27 heavy (non-hydrogen) atoms. The van der Waals surface area contributed by atoms with Crippen LogP contribution in [0.25, 0.3) is 22.6 Å². The summed E-state index contributed by atoms with van der Waals surface area (Å²) >= 11 is 0. The quantitative estimate of drug-likeness (QED) is 0.428. The van der Waals surface area contributed by atoms with Crippen LogP contribution in [0.1, 0.15) is 24.0 Å². The number of nitrogens with zero attached hydrogens (tertiary/aromatic N) is 3. The second-order valence-electron chi connectivity index (χ2n) is 6.62. The number of aryl methyl sites for hydroxylation is 3.